The molecule has 1 heterocycles. The van der Waals surface area contributed by atoms with Crippen molar-refractivity contribution in [2.24, 2.45) is 5.41 Å². The average molecular weight is 268 g/mol. The van der Waals surface area contributed by atoms with E-state index < -0.39 is 0 Å². The highest BCUT2D eigenvalue weighted by molar-refractivity contribution is 4.92. The van der Waals surface area contributed by atoms with Crippen LogP contribution in [0.1, 0.15) is 52.9 Å². The highest BCUT2D eigenvalue weighted by Gasteiger charge is 2.38. The third-order valence-electron chi connectivity index (χ3n) is 5.43. The van der Waals surface area contributed by atoms with E-state index in [-0.39, 0.29) is 6.10 Å². The predicted molar refractivity (Wildman–Crippen MR) is 80.3 cm³/mol. The first-order valence-electron chi connectivity index (χ1n) is 8.05. The Balaban J connectivity index is 1.93. The van der Waals surface area contributed by atoms with E-state index in [1.807, 2.05) is 0 Å². The minimum Gasteiger partial charge on any atom is -0.391 e. The van der Waals surface area contributed by atoms with Gasteiger partial charge < -0.3 is 10.0 Å². The summed E-state index contributed by atoms with van der Waals surface area (Å²) >= 11 is 0. The molecular formula is C16H32N2O. The van der Waals surface area contributed by atoms with Crippen molar-refractivity contribution >= 4 is 0 Å². The van der Waals surface area contributed by atoms with E-state index in [9.17, 15) is 5.11 Å². The summed E-state index contributed by atoms with van der Waals surface area (Å²) in [6.07, 6.45) is 5.66. The first-order chi connectivity index (χ1) is 8.93. The summed E-state index contributed by atoms with van der Waals surface area (Å²) in [6.45, 7) is 10.6. The van der Waals surface area contributed by atoms with Crippen LogP contribution in [-0.2, 0) is 0 Å². The summed E-state index contributed by atoms with van der Waals surface area (Å²) in [5.74, 6) is 0. The lowest BCUT2D eigenvalue weighted by molar-refractivity contribution is -0.0324. The molecule has 0 amide bonds. The van der Waals surface area contributed by atoms with E-state index >= 15 is 0 Å². The van der Waals surface area contributed by atoms with Gasteiger partial charge in [-0.3, -0.25) is 4.90 Å². The molecule has 0 radical (unpaired) electrons. The summed E-state index contributed by atoms with van der Waals surface area (Å²) in [5, 5.41) is 10.3. The summed E-state index contributed by atoms with van der Waals surface area (Å²) < 4.78 is 0. The van der Waals surface area contributed by atoms with E-state index in [0.29, 0.717) is 17.5 Å². The molecule has 2 atom stereocenters. The smallest absolute Gasteiger partial charge is 0.0695 e. The normalized spacial score (nSPS) is 33.8. The number of likely N-dealkylation sites (tertiary alicyclic amines) is 1. The molecule has 1 saturated heterocycles. The van der Waals surface area contributed by atoms with Crippen LogP contribution in [0, 0.1) is 5.41 Å². The monoisotopic (exact) mass is 268 g/mol. The zero-order chi connectivity index (χ0) is 14.0. The molecule has 0 aromatic carbocycles. The fourth-order valence-corrected chi connectivity index (χ4v) is 3.86. The first kappa shape index (κ1) is 15.3. The number of nitrogens with zero attached hydrogens (tertiary/aromatic N) is 2. The second kappa shape index (κ2) is 6.11. The van der Waals surface area contributed by atoms with Gasteiger partial charge in [-0.25, -0.2) is 0 Å². The third kappa shape index (κ3) is 3.71. The topological polar surface area (TPSA) is 26.7 Å². The van der Waals surface area contributed by atoms with Gasteiger partial charge in [0.2, 0.25) is 0 Å². The standard InChI is InChI=1S/C16H32N2O/c1-5-18-10-7-13(8-11-18)17(4)14-12-16(2,3)9-6-15(14)19/h13-15,19H,5-12H2,1-4H3. The van der Waals surface area contributed by atoms with Crippen molar-refractivity contribution in [3.63, 3.8) is 0 Å². The molecule has 0 aromatic rings. The van der Waals surface area contributed by atoms with Gasteiger partial charge in [0.25, 0.3) is 0 Å². The lowest BCUT2D eigenvalue weighted by atomic mass is 9.73. The summed E-state index contributed by atoms with van der Waals surface area (Å²) in [7, 11) is 2.24. The minimum atomic E-state index is -0.123. The number of hydrogen-bond acceptors (Lipinski definition) is 3. The molecular weight excluding hydrogens is 236 g/mol. The van der Waals surface area contributed by atoms with Gasteiger partial charge in [-0.1, -0.05) is 20.8 Å². The first-order valence-corrected chi connectivity index (χ1v) is 8.05. The van der Waals surface area contributed by atoms with Crippen molar-refractivity contribution < 1.29 is 5.11 Å². The molecule has 1 N–H and O–H groups in total. The van der Waals surface area contributed by atoms with Gasteiger partial charge in [0.1, 0.15) is 0 Å². The van der Waals surface area contributed by atoms with E-state index in [1.165, 1.54) is 32.5 Å². The van der Waals surface area contributed by atoms with Crippen LogP contribution in [0.4, 0.5) is 0 Å². The van der Waals surface area contributed by atoms with Gasteiger partial charge in [0.05, 0.1) is 6.10 Å². The Morgan fingerprint density at radius 3 is 2.42 bits per heavy atom. The molecule has 112 valence electrons. The molecule has 2 rings (SSSR count). The second-order valence-corrected chi connectivity index (χ2v) is 7.37. The number of piperidine rings is 1. The van der Waals surface area contributed by atoms with Crippen LogP contribution in [0.25, 0.3) is 0 Å². The van der Waals surface area contributed by atoms with Crippen LogP contribution in [0.15, 0.2) is 0 Å². The average Bonchev–Trinajstić information content (AvgIpc) is 2.41. The van der Waals surface area contributed by atoms with Crippen molar-refractivity contribution in [1.82, 2.24) is 9.80 Å². The Labute approximate surface area is 119 Å². The summed E-state index contributed by atoms with van der Waals surface area (Å²) in [4.78, 5) is 5.03. The van der Waals surface area contributed by atoms with Gasteiger partial charge in [-0.05, 0) is 64.2 Å². The molecule has 2 fully saturated rings. The Hall–Kier alpha value is -0.120. The Bertz CT molecular complexity index is 284. The maximum absolute atomic E-state index is 10.3. The van der Waals surface area contributed by atoms with Crippen LogP contribution in [0.2, 0.25) is 0 Å². The predicted octanol–water partition coefficient (Wildman–Crippen LogP) is 2.34. The number of likely N-dealkylation sites (N-methyl/N-ethyl adjacent to an activating group) is 1. The molecule has 0 bridgehead atoms. The highest BCUT2D eigenvalue weighted by Crippen LogP contribution is 2.38. The molecule has 2 unspecified atom stereocenters. The molecule has 1 aliphatic carbocycles. The van der Waals surface area contributed by atoms with Gasteiger partial charge in [0.15, 0.2) is 0 Å². The van der Waals surface area contributed by atoms with Crippen LogP contribution in [0.3, 0.4) is 0 Å². The van der Waals surface area contributed by atoms with E-state index in [1.54, 1.807) is 0 Å². The number of aliphatic hydroxyl groups is 1. The maximum Gasteiger partial charge on any atom is 0.0695 e. The summed E-state index contributed by atoms with van der Waals surface area (Å²) in [5.41, 5.74) is 0.391. The quantitative estimate of drug-likeness (QED) is 0.851. The molecule has 0 spiro atoms. The van der Waals surface area contributed by atoms with Crippen molar-refractivity contribution in [3.05, 3.63) is 0 Å². The van der Waals surface area contributed by atoms with Gasteiger partial charge in [0, 0.05) is 12.1 Å². The second-order valence-electron chi connectivity index (χ2n) is 7.37. The highest BCUT2D eigenvalue weighted by atomic mass is 16.3. The maximum atomic E-state index is 10.3. The lowest BCUT2D eigenvalue weighted by Gasteiger charge is -2.47. The molecule has 3 heteroatoms. The Kier molecular flexibility index (Phi) is 4.91. The van der Waals surface area contributed by atoms with E-state index in [2.05, 4.69) is 37.6 Å². The van der Waals surface area contributed by atoms with Gasteiger partial charge in [-0.2, -0.15) is 0 Å². The van der Waals surface area contributed by atoms with Gasteiger partial charge >= 0.3 is 0 Å². The minimum absolute atomic E-state index is 0.123. The largest absolute Gasteiger partial charge is 0.391 e. The zero-order valence-electron chi connectivity index (χ0n) is 13.2. The SMILES string of the molecule is CCN1CCC(N(C)C2CC(C)(C)CCC2O)CC1. The van der Waals surface area contributed by atoms with E-state index in [4.69, 9.17) is 0 Å². The molecule has 3 nitrogen and oxygen atoms in total. The number of aliphatic hydroxyl groups excluding tert-OH is 1. The Morgan fingerprint density at radius 1 is 1.21 bits per heavy atom. The van der Waals surface area contributed by atoms with Gasteiger partial charge in [-0.15, -0.1) is 0 Å². The molecule has 19 heavy (non-hydrogen) atoms. The van der Waals surface area contributed by atoms with Crippen LogP contribution >= 0.6 is 0 Å². The Morgan fingerprint density at radius 2 is 1.84 bits per heavy atom. The van der Waals surface area contributed by atoms with Crippen molar-refractivity contribution in [3.8, 4) is 0 Å². The van der Waals surface area contributed by atoms with Crippen LogP contribution < -0.4 is 0 Å². The lowest BCUT2D eigenvalue weighted by Crippen LogP contribution is -2.53. The third-order valence-corrected chi connectivity index (χ3v) is 5.43. The van der Waals surface area contributed by atoms with Crippen LogP contribution in [0.5, 0.6) is 0 Å². The van der Waals surface area contributed by atoms with Crippen molar-refractivity contribution in [2.45, 2.75) is 71.1 Å². The molecule has 0 aromatic heterocycles. The van der Waals surface area contributed by atoms with Crippen molar-refractivity contribution in [2.75, 3.05) is 26.7 Å². The fourth-order valence-electron chi connectivity index (χ4n) is 3.86. The number of hydrogen-bond donors (Lipinski definition) is 1. The summed E-state index contributed by atoms with van der Waals surface area (Å²) in [6, 6.07) is 1.03. The molecule has 1 saturated carbocycles. The van der Waals surface area contributed by atoms with Crippen molar-refractivity contribution in [1.29, 1.82) is 0 Å². The molecule has 1 aliphatic heterocycles. The van der Waals surface area contributed by atoms with Crippen LogP contribution in [-0.4, -0.2) is 59.8 Å². The molecule has 2 aliphatic rings. The number of rotatable bonds is 3. The fraction of sp³-hybridized carbons (Fsp3) is 1.00. The van der Waals surface area contributed by atoms with E-state index in [0.717, 1.165) is 19.3 Å². The zero-order valence-corrected chi connectivity index (χ0v) is 13.2.